The minimum absolute atomic E-state index is 0.399. The normalized spacial score (nSPS) is 18.5. The Balaban J connectivity index is 2.05. The average molecular weight is 231 g/mol. The molecule has 0 radical (unpaired) electrons. The summed E-state index contributed by atoms with van der Waals surface area (Å²) in [6.07, 6.45) is 3.06. The molecule has 1 heterocycles. The van der Waals surface area contributed by atoms with Crippen molar-refractivity contribution < 1.29 is 9.90 Å². The highest BCUT2D eigenvalue weighted by Gasteiger charge is 2.22. The van der Waals surface area contributed by atoms with Crippen molar-refractivity contribution in [2.24, 2.45) is 0 Å². The van der Waals surface area contributed by atoms with E-state index in [-0.39, 0.29) is 0 Å². The molecule has 17 heavy (non-hydrogen) atoms. The molecule has 0 aliphatic carbocycles. The maximum Gasteiger partial charge on any atom is 0.320 e. The number of carbonyl (C=O) groups is 1. The average Bonchev–Trinajstić information content (AvgIpc) is 2.39. The Hall–Kier alpha value is -1.61. The van der Waals surface area contributed by atoms with Gasteiger partial charge in [-0.05, 0) is 24.5 Å². The van der Waals surface area contributed by atoms with Crippen LogP contribution in [0, 0.1) is 0 Å². The van der Waals surface area contributed by atoms with Gasteiger partial charge in [0.1, 0.15) is 6.04 Å². The predicted molar refractivity (Wildman–Crippen MR) is 67.7 cm³/mol. The quantitative estimate of drug-likeness (QED) is 0.867. The number of carboxylic acid groups (broad SMARTS) is 1. The Bertz CT molecular complexity index is 425. The van der Waals surface area contributed by atoms with Crippen LogP contribution in [0.4, 0.5) is 0 Å². The maximum absolute atomic E-state index is 10.9. The van der Waals surface area contributed by atoms with Crippen molar-refractivity contribution >= 4 is 11.5 Å². The summed E-state index contributed by atoms with van der Waals surface area (Å²) in [4.78, 5) is 12.9. The summed E-state index contributed by atoms with van der Waals surface area (Å²) < 4.78 is 0. The molecule has 0 fully saturated rings. The lowest BCUT2D eigenvalue weighted by atomic mass is 9.99. The van der Waals surface area contributed by atoms with Gasteiger partial charge in [0.25, 0.3) is 0 Å². The second kappa shape index (κ2) is 5.15. The predicted octanol–water partition coefficient (Wildman–Crippen LogP) is 2.25. The number of aliphatic carboxylic acids is 1. The standard InChI is InChI=1S/C14H17NO2/c1-11(14(16)17)15-9-7-13(8-10-15)12-5-3-2-4-6-12/h2-7,11H,8-10H2,1H3,(H,16,17)/t11-/m1/s1. The van der Waals surface area contributed by atoms with Crippen LogP contribution in [0.5, 0.6) is 0 Å². The van der Waals surface area contributed by atoms with Gasteiger partial charge in [-0.3, -0.25) is 9.69 Å². The highest BCUT2D eigenvalue weighted by molar-refractivity contribution is 5.73. The molecule has 2 rings (SSSR count). The van der Waals surface area contributed by atoms with Crippen molar-refractivity contribution in [3.05, 3.63) is 42.0 Å². The van der Waals surface area contributed by atoms with Gasteiger partial charge < -0.3 is 5.11 Å². The van der Waals surface area contributed by atoms with Gasteiger partial charge in [-0.2, -0.15) is 0 Å². The monoisotopic (exact) mass is 231 g/mol. The lowest BCUT2D eigenvalue weighted by molar-refractivity contribution is -0.142. The van der Waals surface area contributed by atoms with Crippen LogP contribution in [0.15, 0.2) is 36.4 Å². The molecule has 3 heteroatoms. The first-order valence-corrected chi connectivity index (χ1v) is 5.90. The molecule has 1 aliphatic heterocycles. The molecule has 1 aliphatic rings. The second-order valence-corrected chi connectivity index (χ2v) is 4.35. The molecule has 1 aromatic carbocycles. The Morgan fingerprint density at radius 2 is 2.06 bits per heavy atom. The molecule has 0 saturated heterocycles. The highest BCUT2D eigenvalue weighted by atomic mass is 16.4. The van der Waals surface area contributed by atoms with Crippen molar-refractivity contribution in [3.8, 4) is 0 Å². The number of hydrogen-bond acceptors (Lipinski definition) is 2. The summed E-state index contributed by atoms with van der Waals surface area (Å²) in [5, 5.41) is 8.95. The SMILES string of the molecule is C[C@H](C(=O)O)N1CC=C(c2ccccc2)CC1. The summed E-state index contributed by atoms with van der Waals surface area (Å²) in [6, 6.07) is 9.87. The van der Waals surface area contributed by atoms with Gasteiger partial charge in [-0.25, -0.2) is 0 Å². The van der Waals surface area contributed by atoms with Crippen LogP contribution in [0.1, 0.15) is 18.9 Å². The largest absolute Gasteiger partial charge is 0.480 e. The van der Waals surface area contributed by atoms with Crippen molar-refractivity contribution in [1.29, 1.82) is 0 Å². The Kier molecular flexibility index (Phi) is 3.59. The third-order valence-electron chi connectivity index (χ3n) is 3.29. The molecule has 0 amide bonds. The molecule has 90 valence electrons. The van der Waals surface area contributed by atoms with Crippen molar-refractivity contribution in [2.75, 3.05) is 13.1 Å². The molecule has 3 nitrogen and oxygen atoms in total. The van der Waals surface area contributed by atoms with E-state index >= 15 is 0 Å². The smallest absolute Gasteiger partial charge is 0.320 e. The van der Waals surface area contributed by atoms with Gasteiger partial charge in [-0.1, -0.05) is 36.4 Å². The molecule has 0 spiro atoms. The minimum Gasteiger partial charge on any atom is -0.480 e. The van der Waals surface area contributed by atoms with Crippen LogP contribution in [0.3, 0.4) is 0 Å². The van der Waals surface area contributed by atoms with Gasteiger partial charge in [0.15, 0.2) is 0 Å². The lowest BCUT2D eigenvalue weighted by Gasteiger charge is -2.29. The Morgan fingerprint density at radius 1 is 1.35 bits per heavy atom. The second-order valence-electron chi connectivity index (χ2n) is 4.35. The topological polar surface area (TPSA) is 40.5 Å². The van der Waals surface area contributed by atoms with Gasteiger partial charge in [0.2, 0.25) is 0 Å². The molecule has 1 aromatic rings. The van der Waals surface area contributed by atoms with E-state index in [0.29, 0.717) is 0 Å². The van der Waals surface area contributed by atoms with Crippen LogP contribution in [0.2, 0.25) is 0 Å². The third kappa shape index (κ3) is 2.74. The highest BCUT2D eigenvalue weighted by Crippen LogP contribution is 2.22. The van der Waals surface area contributed by atoms with E-state index in [0.717, 1.165) is 19.5 Å². The summed E-state index contributed by atoms with van der Waals surface area (Å²) >= 11 is 0. The summed E-state index contributed by atoms with van der Waals surface area (Å²) in [5.74, 6) is -0.749. The number of hydrogen-bond donors (Lipinski definition) is 1. The Labute approximate surface area is 101 Å². The summed E-state index contributed by atoms with van der Waals surface area (Å²) in [6.45, 7) is 3.27. The number of nitrogens with zero attached hydrogens (tertiary/aromatic N) is 1. The zero-order valence-electron chi connectivity index (χ0n) is 9.97. The van der Waals surface area contributed by atoms with Crippen LogP contribution < -0.4 is 0 Å². The van der Waals surface area contributed by atoms with Crippen molar-refractivity contribution in [2.45, 2.75) is 19.4 Å². The van der Waals surface area contributed by atoms with Crippen LogP contribution in [-0.4, -0.2) is 35.1 Å². The molecule has 0 bridgehead atoms. The fourth-order valence-corrected chi connectivity index (χ4v) is 2.11. The first-order chi connectivity index (χ1) is 8.18. The van der Waals surface area contributed by atoms with E-state index < -0.39 is 12.0 Å². The third-order valence-corrected chi connectivity index (χ3v) is 3.29. The maximum atomic E-state index is 10.9. The molecular weight excluding hydrogens is 214 g/mol. The molecule has 0 aromatic heterocycles. The molecule has 0 saturated carbocycles. The zero-order chi connectivity index (χ0) is 12.3. The lowest BCUT2D eigenvalue weighted by Crippen LogP contribution is -2.41. The van der Waals surface area contributed by atoms with Crippen LogP contribution in [-0.2, 0) is 4.79 Å². The Morgan fingerprint density at radius 3 is 2.59 bits per heavy atom. The van der Waals surface area contributed by atoms with E-state index in [4.69, 9.17) is 5.11 Å². The van der Waals surface area contributed by atoms with Gasteiger partial charge in [-0.15, -0.1) is 0 Å². The van der Waals surface area contributed by atoms with Gasteiger partial charge in [0, 0.05) is 13.1 Å². The first kappa shape index (κ1) is 11.9. The fourth-order valence-electron chi connectivity index (χ4n) is 2.11. The van der Waals surface area contributed by atoms with Gasteiger partial charge in [0.05, 0.1) is 0 Å². The van der Waals surface area contributed by atoms with Gasteiger partial charge >= 0.3 is 5.97 Å². The number of benzene rings is 1. The number of rotatable bonds is 3. The van der Waals surface area contributed by atoms with E-state index in [2.05, 4.69) is 18.2 Å². The number of carboxylic acids is 1. The van der Waals surface area contributed by atoms with Crippen molar-refractivity contribution in [1.82, 2.24) is 4.90 Å². The van der Waals surface area contributed by atoms with Crippen LogP contribution >= 0.6 is 0 Å². The van der Waals surface area contributed by atoms with E-state index in [1.165, 1.54) is 11.1 Å². The molecule has 0 unspecified atom stereocenters. The molecular formula is C14H17NO2. The first-order valence-electron chi connectivity index (χ1n) is 5.90. The van der Waals surface area contributed by atoms with Crippen molar-refractivity contribution in [3.63, 3.8) is 0 Å². The molecule has 1 N–H and O–H groups in total. The van der Waals surface area contributed by atoms with E-state index in [9.17, 15) is 4.79 Å². The molecule has 1 atom stereocenters. The summed E-state index contributed by atoms with van der Waals surface area (Å²) in [5.41, 5.74) is 2.56. The van der Waals surface area contributed by atoms with Crippen LogP contribution in [0.25, 0.3) is 5.57 Å². The minimum atomic E-state index is -0.749. The summed E-state index contributed by atoms with van der Waals surface area (Å²) in [7, 11) is 0. The fraction of sp³-hybridized carbons (Fsp3) is 0.357. The van der Waals surface area contributed by atoms with E-state index in [1.807, 2.05) is 23.1 Å². The van der Waals surface area contributed by atoms with E-state index in [1.54, 1.807) is 6.92 Å². The zero-order valence-corrected chi connectivity index (χ0v) is 9.97.